The standard InChI is InChI=1S/C11H16O2/c1-7-5-10(7)11(8(2)12)4-3-9(13)6-11/h7,10H,3-6H2,1-2H3. The minimum absolute atomic E-state index is 0.240. The fourth-order valence-electron chi connectivity index (χ4n) is 2.86. The molecule has 2 aliphatic rings. The van der Waals surface area contributed by atoms with Crippen LogP contribution in [0.5, 0.6) is 0 Å². The van der Waals surface area contributed by atoms with Crippen LogP contribution in [0.2, 0.25) is 0 Å². The largest absolute Gasteiger partial charge is 0.300 e. The van der Waals surface area contributed by atoms with Gasteiger partial charge in [-0.1, -0.05) is 6.92 Å². The summed E-state index contributed by atoms with van der Waals surface area (Å²) in [6.45, 7) is 3.84. The van der Waals surface area contributed by atoms with Gasteiger partial charge in [-0.2, -0.15) is 0 Å². The van der Waals surface area contributed by atoms with Gasteiger partial charge in [0, 0.05) is 18.3 Å². The first-order valence-electron chi connectivity index (χ1n) is 5.09. The molecule has 0 radical (unpaired) electrons. The Morgan fingerprint density at radius 3 is 2.46 bits per heavy atom. The minimum Gasteiger partial charge on any atom is -0.300 e. The number of Topliss-reactive ketones (excluding diaryl/α,β-unsaturated/α-hetero) is 2. The Morgan fingerprint density at radius 2 is 2.15 bits per heavy atom. The zero-order valence-corrected chi connectivity index (χ0v) is 8.30. The number of ketones is 2. The molecule has 0 aromatic carbocycles. The molecule has 0 aromatic heterocycles. The van der Waals surface area contributed by atoms with Crippen molar-refractivity contribution < 1.29 is 9.59 Å². The Bertz CT molecular complexity index is 269. The average molecular weight is 180 g/mol. The summed E-state index contributed by atoms with van der Waals surface area (Å²) in [6, 6.07) is 0. The van der Waals surface area contributed by atoms with Gasteiger partial charge < -0.3 is 0 Å². The Labute approximate surface area is 78.7 Å². The molecule has 0 bridgehead atoms. The highest BCUT2D eigenvalue weighted by Crippen LogP contribution is 2.57. The molecule has 13 heavy (non-hydrogen) atoms. The first-order chi connectivity index (χ1) is 6.06. The van der Waals surface area contributed by atoms with Crippen LogP contribution in [0.15, 0.2) is 0 Å². The van der Waals surface area contributed by atoms with Crippen molar-refractivity contribution >= 4 is 11.6 Å². The minimum atomic E-state index is -0.240. The maximum absolute atomic E-state index is 11.6. The lowest BCUT2D eigenvalue weighted by atomic mass is 9.76. The van der Waals surface area contributed by atoms with Gasteiger partial charge in [-0.05, 0) is 31.6 Å². The predicted molar refractivity (Wildman–Crippen MR) is 49.2 cm³/mol. The van der Waals surface area contributed by atoms with E-state index < -0.39 is 0 Å². The second-order valence-electron chi connectivity index (χ2n) is 4.75. The summed E-state index contributed by atoms with van der Waals surface area (Å²) in [5.41, 5.74) is -0.240. The van der Waals surface area contributed by atoms with Crippen molar-refractivity contribution in [2.24, 2.45) is 17.3 Å². The van der Waals surface area contributed by atoms with Crippen molar-refractivity contribution in [3.8, 4) is 0 Å². The lowest BCUT2D eigenvalue weighted by Crippen LogP contribution is -2.29. The normalized spacial score (nSPS) is 43.7. The zero-order chi connectivity index (χ0) is 9.64. The van der Waals surface area contributed by atoms with E-state index >= 15 is 0 Å². The highest BCUT2D eigenvalue weighted by Gasteiger charge is 2.56. The number of carbonyl (C=O) groups is 2. The molecule has 0 saturated heterocycles. The Hall–Kier alpha value is -0.660. The van der Waals surface area contributed by atoms with E-state index in [1.165, 1.54) is 0 Å². The molecule has 0 amide bonds. The fourth-order valence-corrected chi connectivity index (χ4v) is 2.86. The van der Waals surface area contributed by atoms with Crippen LogP contribution in [0.3, 0.4) is 0 Å². The lowest BCUT2D eigenvalue weighted by molar-refractivity contribution is -0.130. The summed E-state index contributed by atoms with van der Waals surface area (Å²) >= 11 is 0. The Morgan fingerprint density at radius 1 is 1.54 bits per heavy atom. The van der Waals surface area contributed by atoms with E-state index in [2.05, 4.69) is 6.92 Å². The van der Waals surface area contributed by atoms with Crippen LogP contribution in [0.4, 0.5) is 0 Å². The van der Waals surface area contributed by atoms with Crippen molar-refractivity contribution in [1.82, 2.24) is 0 Å². The summed E-state index contributed by atoms with van der Waals surface area (Å²) < 4.78 is 0. The molecular weight excluding hydrogens is 164 g/mol. The summed E-state index contributed by atoms with van der Waals surface area (Å²) in [5.74, 6) is 1.70. The van der Waals surface area contributed by atoms with Crippen molar-refractivity contribution in [1.29, 1.82) is 0 Å². The van der Waals surface area contributed by atoms with E-state index in [0.29, 0.717) is 24.7 Å². The molecule has 2 fully saturated rings. The number of hydrogen-bond acceptors (Lipinski definition) is 2. The summed E-state index contributed by atoms with van der Waals surface area (Å²) in [7, 11) is 0. The first kappa shape index (κ1) is 8.92. The van der Waals surface area contributed by atoms with Crippen molar-refractivity contribution in [2.75, 3.05) is 0 Å². The van der Waals surface area contributed by atoms with Crippen molar-refractivity contribution in [3.05, 3.63) is 0 Å². The van der Waals surface area contributed by atoms with Crippen LogP contribution in [-0.2, 0) is 9.59 Å². The second-order valence-corrected chi connectivity index (χ2v) is 4.75. The molecule has 0 spiro atoms. The molecule has 0 heterocycles. The summed E-state index contributed by atoms with van der Waals surface area (Å²) in [5, 5.41) is 0. The van der Waals surface area contributed by atoms with Crippen LogP contribution in [0.1, 0.15) is 39.5 Å². The third kappa shape index (κ3) is 1.23. The monoisotopic (exact) mass is 180 g/mol. The number of carbonyl (C=O) groups excluding carboxylic acids is 2. The smallest absolute Gasteiger partial charge is 0.136 e. The fraction of sp³-hybridized carbons (Fsp3) is 0.818. The topological polar surface area (TPSA) is 34.1 Å². The third-order valence-electron chi connectivity index (χ3n) is 3.88. The van der Waals surface area contributed by atoms with Crippen LogP contribution in [-0.4, -0.2) is 11.6 Å². The second kappa shape index (κ2) is 2.66. The molecule has 0 aliphatic heterocycles. The van der Waals surface area contributed by atoms with E-state index in [1.807, 2.05) is 0 Å². The molecule has 2 heteroatoms. The highest BCUT2D eigenvalue weighted by atomic mass is 16.1. The van der Waals surface area contributed by atoms with Gasteiger partial charge >= 0.3 is 0 Å². The van der Waals surface area contributed by atoms with Crippen LogP contribution >= 0.6 is 0 Å². The first-order valence-corrected chi connectivity index (χ1v) is 5.09. The molecule has 0 N–H and O–H groups in total. The van der Waals surface area contributed by atoms with E-state index in [1.54, 1.807) is 6.92 Å². The zero-order valence-electron chi connectivity index (χ0n) is 8.30. The maximum atomic E-state index is 11.6. The Kier molecular flexibility index (Phi) is 1.83. The van der Waals surface area contributed by atoms with Crippen LogP contribution in [0.25, 0.3) is 0 Å². The molecule has 2 rings (SSSR count). The Balaban J connectivity index is 2.22. The van der Waals surface area contributed by atoms with Gasteiger partial charge in [0.1, 0.15) is 11.6 Å². The summed E-state index contributed by atoms with van der Waals surface area (Å²) in [4.78, 5) is 22.8. The summed E-state index contributed by atoms with van der Waals surface area (Å²) in [6.07, 6.45) is 3.11. The van der Waals surface area contributed by atoms with Crippen molar-refractivity contribution in [2.45, 2.75) is 39.5 Å². The highest BCUT2D eigenvalue weighted by molar-refractivity contribution is 5.93. The van der Waals surface area contributed by atoms with Gasteiger partial charge in [0.2, 0.25) is 0 Å². The molecule has 2 saturated carbocycles. The predicted octanol–water partition coefficient (Wildman–Crippen LogP) is 1.97. The molecule has 3 unspecified atom stereocenters. The average Bonchev–Trinajstić information content (AvgIpc) is 2.62. The molecule has 3 atom stereocenters. The van der Waals surface area contributed by atoms with E-state index in [-0.39, 0.29) is 17.0 Å². The van der Waals surface area contributed by atoms with Gasteiger partial charge in [-0.3, -0.25) is 9.59 Å². The van der Waals surface area contributed by atoms with E-state index in [9.17, 15) is 9.59 Å². The van der Waals surface area contributed by atoms with Gasteiger partial charge in [0.25, 0.3) is 0 Å². The maximum Gasteiger partial charge on any atom is 0.136 e. The van der Waals surface area contributed by atoms with Crippen LogP contribution in [0, 0.1) is 17.3 Å². The van der Waals surface area contributed by atoms with Gasteiger partial charge in [-0.15, -0.1) is 0 Å². The molecule has 2 aliphatic carbocycles. The third-order valence-corrected chi connectivity index (χ3v) is 3.88. The molecule has 72 valence electrons. The lowest BCUT2D eigenvalue weighted by Gasteiger charge is -2.24. The number of rotatable bonds is 2. The molecule has 2 nitrogen and oxygen atoms in total. The van der Waals surface area contributed by atoms with Crippen LogP contribution < -0.4 is 0 Å². The van der Waals surface area contributed by atoms with Gasteiger partial charge in [0.15, 0.2) is 0 Å². The SMILES string of the molecule is CC(=O)C1(C2CC2C)CCC(=O)C1. The quantitative estimate of drug-likeness (QED) is 0.651. The van der Waals surface area contributed by atoms with Gasteiger partial charge in [-0.25, -0.2) is 0 Å². The molecule has 0 aromatic rings. The van der Waals surface area contributed by atoms with E-state index in [0.717, 1.165) is 12.8 Å². The van der Waals surface area contributed by atoms with E-state index in [4.69, 9.17) is 0 Å². The van der Waals surface area contributed by atoms with Gasteiger partial charge in [0.05, 0.1) is 0 Å². The number of hydrogen-bond donors (Lipinski definition) is 0. The molecular formula is C11H16O2. The van der Waals surface area contributed by atoms with Crippen molar-refractivity contribution in [3.63, 3.8) is 0 Å².